The zero-order chi connectivity index (χ0) is 13.2. The molecule has 0 amide bonds. The van der Waals surface area contributed by atoms with Gasteiger partial charge in [0.15, 0.2) is 0 Å². The van der Waals surface area contributed by atoms with Gasteiger partial charge < -0.3 is 5.32 Å². The number of nitrogens with zero attached hydrogens (tertiary/aromatic N) is 1. The van der Waals surface area contributed by atoms with Gasteiger partial charge in [0.25, 0.3) is 0 Å². The molecule has 19 heavy (non-hydrogen) atoms. The Bertz CT molecular complexity index is 582. The van der Waals surface area contributed by atoms with E-state index in [0.29, 0.717) is 6.04 Å². The largest absolute Gasteiger partial charge is 0.306 e. The lowest BCUT2D eigenvalue weighted by Crippen LogP contribution is -2.30. The predicted octanol–water partition coefficient (Wildman–Crippen LogP) is 4.60. The van der Waals surface area contributed by atoms with Gasteiger partial charge in [0.2, 0.25) is 0 Å². The van der Waals surface area contributed by atoms with Gasteiger partial charge in [-0.15, -0.1) is 11.3 Å². The van der Waals surface area contributed by atoms with Gasteiger partial charge >= 0.3 is 0 Å². The van der Waals surface area contributed by atoms with Gasteiger partial charge in [-0.25, -0.2) is 4.98 Å². The maximum atomic E-state index is 6.27. The van der Waals surface area contributed by atoms with Crippen LogP contribution in [0.3, 0.4) is 0 Å². The first-order valence-corrected chi connectivity index (χ1v) is 9.16. The first-order valence-electron chi connectivity index (χ1n) is 5.96. The van der Waals surface area contributed by atoms with E-state index in [-0.39, 0.29) is 0 Å². The highest BCUT2D eigenvalue weighted by molar-refractivity contribution is 9.10. The van der Waals surface area contributed by atoms with Crippen molar-refractivity contribution in [2.24, 2.45) is 0 Å². The van der Waals surface area contributed by atoms with Crippen molar-refractivity contribution >= 4 is 50.6 Å². The molecule has 1 aromatic heterocycles. The predicted molar refractivity (Wildman–Crippen MR) is 88.3 cm³/mol. The summed E-state index contributed by atoms with van der Waals surface area (Å²) in [5.41, 5.74) is 1.96. The van der Waals surface area contributed by atoms with Crippen LogP contribution >= 0.6 is 50.6 Å². The number of hydrogen-bond acceptors (Lipinski definition) is 4. The maximum absolute atomic E-state index is 6.27. The molecule has 1 fully saturated rings. The number of halogens is 2. The Labute approximate surface area is 134 Å². The molecule has 0 aliphatic carbocycles. The second-order valence-electron chi connectivity index (χ2n) is 4.28. The van der Waals surface area contributed by atoms with Crippen LogP contribution in [0, 0.1) is 0 Å². The minimum atomic E-state index is 0.381. The Morgan fingerprint density at radius 2 is 2.32 bits per heavy atom. The highest BCUT2D eigenvalue weighted by Gasteiger charge is 2.19. The topological polar surface area (TPSA) is 24.9 Å². The Morgan fingerprint density at radius 1 is 1.42 bits per heavy atom. The van der Waals surface area contributed by atoms with Crippen molar-refractivity contribution in [3.63, 3.8) is 0 Å². The third-order valence-electron chi connectivity index (χ3n) is 2.95. The number of thioether (sulfide) groups is 1. The van der Waals surface area contributed by atoms with E-state index in [0.717, 1.165) is 38.1 Å². The number of hydrogen-bond donors (Lipinski definition) is 1. The molecule has 1 aliphatic rings. The van der Waals surface area contributed by atoms with Gasteiger partial charge in [-0.1, -0.05) is 33.6 Å². The lowest BCUT2D eigenvalue weighted by atomic mass is 10.2. The first kappa shape index (κ1) is 13.9. The van der Waals surface area contributed by atoms with E-state index >= 15 is 0 Å². The van der Waals surface area contributed by atoms with Crippen molar-refractivity contribution in [1.29, 1.82) is 0 Å². The van der Waals surface area contributed by atoms with E-state index in [9.17, 15) is 0 Å². The minimum absolute atomic E-state index is 0.381. The summed E-state index contributed by atoms with van der Waals surface area (Å²) in [7, 11) is 0. The Kier molecular flexibility index (Phi) is 4.49. The quantitative estimate of drug-likeness (QED) is 0.830. The van der Waals surface area contributed by atoms with E-state index in [1.165, 1.54) is 5.75 Å². The molecule has 0 spiro atoms. The molecule has 1 N–H and O–H groups in total. The van der Waals surface area contributed by atoms with Crippen molar-refractivity contribution in [2.75, 3.05) is 18.1 Å². The van der Waals surface area contributed by atoms with Crippen LogP contribution in [0.5, 0.6) is 0 Å². The highest BCUT2D eigenvalue weighted by Crippen LogP contribution is 2.33. The molecule has 0 bridgehead atoms. The molecule has 1 saturated heterocycles. The van der Waals surface area contributed by atoms with Gasteiger partial charge in [0, 0.05) is 33.5 Å². The number of benzene rings is 1. The second-order valence-corrected chi connectivity index (χ2v) is 7.64. The van der Waals surface area contributed by atoms with Crippen LogP contribution in [-0.4, -0.2) is 23.0 Å². The van der Waals surface area contributed by atoms with E-state index < -0.39 is 0 Å². The Hall–Kier alpha value is -0.0700. The number of rotatable bonds is 2. The Morgan fingerprint density at radius 3 is 3.05 bits per heavy atom. The lowest BCUT2D eigenvalue weighted by molar-refractivity contribution is 0.592. The van der Waals surface area contributed by atoms with Crippen LogP contribution in [0.15, 0.2) is 28.1 Å². The summed E-state index contributed by atoms with van der Waals surface area (Å²) in [6, 6.07) is 6.29. The van der Waals surface area contributed by atoms with Crippen molar-refractivity contribution in [3.05, 3.63) is 38.1 Å². The zero-order valence-corrected chi connectivity index (χ0v) is 14.0. The molecule has 1 aromatic carbocycles. The first-order chi connectivity index (χ1) is 9.24. The summed E-state index contributed by atoms with van der Waals surface area (Å²) in [5, 5.41) is 7.49. The summed E-state index contributed by atoms with van der Waals surface area (Å²) in [5.74, 6) is 2.29. The molecule has 0 saturated carbocycles. The van der Waals surface area contributed by atoms with Crippen LogP contribution < -0.4 is 5.32 Å². The van der Waals surface area contributed by atoms with Crippen molar-refractivity contribution < 1.29 is 0 Å². The van der Waals surface area contributed by atoms with Gasteiger partial charge in [0.1, 0.15) is 5.01 Å². The third kappa shape index (κ3) is 3.16. The maximum Gasteiger partial charge on any atom is 0.111 e. The Balaban J connectivity index is 1.87. The molecule has 1 aliphatic heterocycles. The highest BCUT2D eigenvalue weighted by atomic mass is 79.9. The van der Waals surface area contributed by atoms with Crippen LogP contribution in [0.25, 0.3) is 11.3 Å². The van der Waals surface area contributed by atoms with E-state index in [2.05, 4.69) is 26.6 Å². The molecule has 6 heteroatoms. The minimum Gasteiger partial charge on any atom is -0.306 e. The molecule has 1 unspecified atom stereocenters. The summed E-state index contributed by atoms with van der Waals surface area (Å²) >= 11 is 13.4. The van der Waals surface area contributed by atoms with Gasteiger partial charge in [0.05, 0.1) is 16.8 Å². The van der Waals surface area contributed by atoms with Crippen molar-refractivity contribution in [2.45, 2.75) is 6.04 Å². The molecular formula is C13H12BrClN2S2. The van der Waals surface area contributed by atoms with Crippen molar-refractivity contribution in [1.82, 2.24) is 10.3 Å². The van der Waals surface area contributed by atoms with Gasteiger partial charge in [-0.3, -0.25) is 0 Å². The molecule has 0 radical (unpaired) electrons. The summed E-state index contributed by atoms with van der Waals surface area (Å²) in [6.45, 7) is 1.06. The lowest BCUT2D eigenvalue weighted by Gasteiger charge is -2.20. The summed E-state index contributed by atoms with van der Waals surface area (Å²) in [4.78, 5) is 4.74. The molecule has 2 nitrogen and oxygen atoms in total. The third-order valence-corrected chi connectivity index (χ3v) is 5.77. The number of nitrogens with one attached hydrogen (secondary N) is 1. The summed E-state index contributed by atoms with van der Waals surface area (Å²) < 4.78 is 0.988. The molecule has 1 atom stereocenters. The fraction of sp³-hybridized carbons (Fsp3) is 0.308. The monoisotopic (exact) mass is 374 g/mol. The van der Waals surface area contributed by atoms with Gasteiger partial charge in [-0.05, 0) is 12.1 Å². The standard InChI is InChI=1S/C13H12BrClN2S2/c14-8-1-2-9(10(15)5-8)11-7-19-13(17-11)12-6-18-4-3-16-12/h1-2,5,7,12,16H,3-4,6H2. The van der Waals surface area contributed by atoms with Crippen LogP contribution in [-0.2, 0) is 0 Å². The molecule has 3 rings (SSSR count). The fourth-order valence-electron chi connectivity index (χ4n) is 1.99. The van der Waals surface area contributed by atoms with Crippen LogP contribution in [0.1, 0.15) is 11.0 Å². The molecular weight excluding hydrogens is 364 g/mol. The van der Waals surface area contributed by atoms with E-state index in [1.54, 1.807) is 11.3 Å². The van der Waals surface area contributed by atoms with Gasteiger partial charge in [-0.2, -0.15) is 11.8 Å². The van der Waals surface area contributed by atoms with Crippen LogP contribution in [0.2, 0.25) is 5.02 Å². The fourth-order valence-corrected chi connectivity index (χ4v) is 4.70. The zero-order valence-electron chi connectivity index (χ0n) is 10.0. The average Bonchev–Trinajstić information content (AvgIpc) is 2.89. The smallest absolute Gasteiger partial charge is 0.111 e. The van der Waals surface area contributed by atoms with E-state index in [1.807, 2.05) is 30.0 Å². The molecule has 100 valence electrons. The van der Waals surface area contributed by atoms with E-state index in [4.69, 9.17) is 16.6 Å². The average molecular weight is 376 g/mol. The number of thiazole rings is 1. The van der Waals surface area contributed by atoms with Crippen molar-refractivity contribution in [3.8, 4) is 11.3 Å². The van der Waals surface area contributed by atoms with Crippen LogP contribution in [0.4, 0.5) is 0 Å². The molecule has 2 aromatic rings. The normalized spacial score (nSPS) is 19.6. The second kappa shape index (κ2) is 6.14. The summed E-state index contributed by atoms with van der Waals surface area (Å²) in [6.07, 6.45) is 0. The molecule has 2 heterocycles. The number of aromatic nitrogens is 1. The SMILES string of the molecule is Clc1cc(Br)ccc1-c1csc(C2CSCCN2)n1.